The highest BCUT2D eigenvalue weighted by atomic mass is 16.6. The van der Waals surface area contributed by atoms with Gasteiger partial charge in [0.15, 0.2) is 23.1 Å². The molecule has 0 aliphatic carbocycles. The molecule has 0 spiro atoms. The molecule has 3 aromatic rings. The van der Waals surface area contributed by atoms with Crippen LogP contribution in [0.15, 0.2) is 77.2 Å². The summed E-state index contributed by atoms with van der Waals surface area (Å²) in [5, 5.41) is 9.13. The second-order valence-corrected chi connectivity index (χ2v) is 19.9. The average Bonchev–Trinajstić information content (AvgIpc) is 3.94. The van der Waals surface area contributed by atoms with Crippen molar-refractivity contribution in [1.29, 1.82) is 0 Å². The van der Waals surface area contributed by atoms with E-state index < -0.39 is 17.4 Å². The van der Waals surface area contributed by atoms with Crippen molar-refractivity contribution < 1.29 is 61.6 Å². The summed E-state index contributed by atoms with van der Waals surface area (Å²) in [4.78, 5) is 19.9. The number of hydrogen-bond acceptors (Lipinski definition) is 18. The molecule has 5 rings (SSSR count). The van der Waals surface area contributed by atoms with Crippen LogP contribution in [0.5, 0.6) is 23.0 Å². The topological polar surface area (TPSA) is 174 Å². The van der Waals surface area contributed by atoms with Crippen LogP contribution in [-0.2, 0) is 64.1 Å². The first-order chi connectivity index (χ1) is 37.6. The number of ether oxygens (including phenoxy) is 12. The molecule has 0 fully saturated rings. The van der Waals surface area contributed by atoms with Crippen LogP contribution in [0.4, 0.5) is 4.79 Å². The summed E-state index contributed by atoms with van der Waals surface area (Å²) in [6, 6.07) is 20.3. The van der Waals surface area contributed by atoms with Crippen LogP contribution in [0.25, 0.3) is 0 Å². The molecule has 0 saturated heterocycles. The van der Waals surface area contributed by atoms with Crippen LogP contribution in [-0.4, -0.2) is 165 Å². The van der Waals surface area contributed by atoms with E-state index in [1.807, 2.05) is 84.9 Å². The van der Waals surface area contributed by atoms with Crippen LogP contribution >= 0.6 is 0 Å². The molecule has 0 aromatic heterocycles. The minimum Gasteiger partial charge on any atom is -0.497 e. The van der Waals surface area contributed by atoms with Crippen LogP contribution in [0.2, 0.25) is 0 Å². The molecule has 2 atom stereocenters. The molecule has 1 amide bonds. The summed E-state index contributed by atoms with van der Waals surface area (Å²) < 4.78 is 68.5. The van der Waals surface area contributed by atoms with Crippen molar-refractivity contribution in [2.24, 2.45) is 5.10 Å². The van der Waals surface area contributed by atoms with E-state index in [2.05, 4.69) is 58.7 Å². The molecular formula is C59H94N6O13. The summed E-state index contributed by atoms with van der Waals surface area (Å²) in [6.07, 6.45) is 2.31. The zero-order valence-corrected chi connectivity index (χ0v) is 49.5. The highest BCUT2D eigenvalue weighted by molar-refractivity contribution is 5.99. The van der Waals surface area contributed by atoms with Crippen molar-refractivity contribution in [3.05, 3.63) is 94.3 Å². The number of unbranched alkanes of at least 4 members (excludes halogenated alkanes) is 1. The Morgan fingerprint density at radius 2 is 1.27 bits per heavy atom. The van der Waals surface area contributed by atoms with Gasteiger partial charge in [0.25, 0.3) is 0 Å². The van der Waals surface area contributed by atoms with Gasteiger partial charge in [0.1, 0.15) is 22.8 Å². The van der Waals surface area contributed by atoms with E-state index in [9.17, 15) is 4.79 Å². The lowest BCUT2D eigenvalue weighted by atomic mass is 10.0. The summed E-state index contributed by atoms with van der Waals surface area (Å²) in [7, 11) is 8.24. The SMILES string of the molecule is CC.CCCCC1NC2=C(N1Cc1ccc(CN(CCOCCOCCOCCOCCOCCOC)C(=O)OC(C)(C)C)cc1)C(C)(OC(C)C)NN=C2N(Cc1ccc(OC)c(OC)c1)Cc1ccc(OC)cc1OC. The fourth-order valence-electron chi connectivity index (χ4n) is 8.78. The van der Waals surface area contributed by atoms with Gasteiger partial charge in [-0.05, 0) is 95.3 Å². The summed E-state index contributed by atoms with van der Waals surface area (Å²) >= 11 is 0. The minimum atomic E-state index is -0.985. The van der Waals surface area contributed by atoms with Gasteiger partial charge in [-0.1, -0.05) is 57.5 Å². The Morgan fingerprint density at radius 1 is 0.692 bits per heavy atom. The zero-order chi connectivity index (χ0) is 56.9. The maximum absolute atomic E-state index is 13.6. The van der Waals surface area contributed by atoms with E-state index in [1.54, 1.807) is 40.4 Å². The van der Waals surface area contributed by atoms with Gasteiger partial charge in [-0.2, -0.15) is 5.10 Å². The van der Waals surface area contributed by atoms with Crippen molar-refractivity contribution in [2.75, 3.05) is 115 Å². The second kappa shape index (κ2) is 34.5. The maximum atomic E-state index is 13.6. The first-order valence-corrected chi connectivity index (χ1v) is 27.6. The van der Waals surface area contributed by atoms with Gasteiger partial charge < -0.3 is 76.9 Å². The molecule has 0 saturated carbocycles. The van der Waals surface area contributed by atoms with Crippen molar-refractivity contribution in [1.82, 2.24) is 25.4 Å². The summed E-state index contributed by atoms with van der Waals surface area (Å²) in [5.74, 6) is 3.41. The largest absolute Gasteiger partial charge is 0.497 e. The monoisotopic (exact) mass is 1090 g/mol. The number of nitrogens with zero attached hydrogens (tertiary/aromatic N) is 4. The van der Waals surface area contributed by atoms with E-state index in [0.29, 0.717) is 128 Å². The van der Waals surface area contributed by atoms with E-state index in [-0.39, 0.29) is 12.3 Å². The van der Waals surface area contributed by atoms with Crippen LogP contribution in [0.1, 0.15) is 104 Å². The number of nitrogens with one attached hydrogen (secondary N) is 2. The van der Waals surface area contributed by atoms with Gasteiger partial charge >= 0.3 is 6.09 Å². The molecule has 438 valence electrons. The number of amidine groups is 1. The van der Waals surface area contributed by atoms with Crippen molar-refractivity contribution in [3.8, 4) is 23.0 Å². The van der Waals surface area contributed by atoms with Crippen molar-refractivity contribution in [3.63, 3.8) is 0 Å². The molecule has 2 aliphatic rings. The molecule has 3 aromatic carbocycles. The Labute approximate surface area is 466 Å². The number of amides is 1. The highest BCUT2D eigenvalue weighted by Crippen LogP contribution is 2.39. The fraction of sp³-hybridized carbons (Fsp3) is 0.627. The number of benzene rings is 3. The quantitative estimate of drug-likeness (QED) is 0.0533. The lowest BCUT2D eigenvalue weighted by Gasteiger charge is -2.42. The van der Waals surface area contributed by atoms with Crippen LogP contribution < -0.4 is 29.7 Å². The van der Waals surface area contributed by atoms with Crippen molar-refractivity contribution >= 4 is 11.9 Å². The molecule has 2 N–H and O–H groups in total. The van der Waals surface area contributed by atoms with Gasteiger partial charge in [0.05, 0.1) is 119 Å². The van der Waals surface area contributed by atoms with Crippen molar-refractivity contribution in [2.45, 2.75) is 131 Å². The molecule has 2 heterocycles. The second-order valence-electron chi connectivity index (χ2n) is 19.9. The number of rotatable bonds is 35. The predicted octanol–water partition coefficient (Wildman–Crippen LogP) is 9.11. The zero-order valence-electron chi connectivity index (χ0n) is 49.5. The van der Waals surface area contributed by atoms with E-state index >= 15 is 0 Å². The lowest BCUT2D eigenvalue weighted by molar-refractivity contribution is -0.0823. The smallest absolute Gasteiger partial charge is 0.410 e. The predicted molar refractivity (Wildman–Crippen MR) is 303 cm³/mol. The van der Waals surface area contributed by atoms with Gasteiger partial charge in [-0.25, -0.2) is 4.79 Å². The third kappa shape index (κ3) is 20.9. The van der Waals surface area contributed by atoms with Gasteiger partial charge in [-0.15, -0.1) is 0 Å². The van der Waals surface area contributed by atoms with Gasteiger partial charge in [-0.3, -0.25) is 5.43 Å². The molecule has 0 bridgehead atoms. The Morgan fingerprint density at radius 3 is 1.82 bits per heavy atom. The average molecular weight is 1100 g/mol. The molecule has 19 nitrogen and oxygen atoms in total. The Bertz CT molecular complexity index is 2260. The van der Waals surface area contributed by atoms with E-state index in [4.69, 9.17) is 61.9 Å². The first kappa shape index (κ1) is 65.0. The number of carbonyl (C=O) groups excluding carboxylic acids is 1. The normalized spacial score (nSPS) is 15.9. The Hall–Kier alpha value is -5.54. The summed E-state index contributed by atoms with van der Waals surface area (Å²) in [6.45, 7) is 25.2. The summed E-state index contributed by atoms with van der Waals surface area (Å²) in [5.41, 5.74) is 7.69. The van der Waals surface area contributed by atoms with E-state index in [0.717, 1.165) is 58.7 Å². The van der Waals surface area contributed by atoms with Crippen LogP contribution in [0, 0.1) is 0 Å². The fourth-order valence-corrected chi connectivity index (χ4v) is 8.78. The standard InChI is InChI=1S/C57H88N6O13.C2H6/c1-13-14-15-51-58-52-53(57(7,75-42(2)3)60-59-54(52)62(39-45-20-23-48(67-10)50(36-45)69-12)41-46-21-22-47(66-9)37-49(46)68-11)63(51)40-44-18-16-43(17-19-44)38-61(55(64)76-56(4,5)6)24-25-70-28-29-72-32-33-74-35-34-73-31-30-71-27-26-65-8;1-2/h16-23,36-37,42,51,58,60H,13-15,24-35,38-41H2,1-12H3;1-2H3. The molecule has 78 heavy (non-hydrogen) atoms. The van der Waals surface area contributed by atoms with Crippen LogP contribution in [0.3, 0.4) is 0 Å². The van der Waals surface area contributed by atoms with Gasteiger partial charge in [0.2, 0.25) is 0 Å². The molecule has 0 radical (unpaired) electrons. The number of hydrogen-bond donors (Lipinski definition) is 2. The highest BCUT2D eigenvalue weighted by Gasteiger charge is 2.48. The van der Waals surface area contributed by atoms with E-state index in [1.165, 1.54) is 0 Å². The third-order valence-electron chi connectivity index (χ3n) is 12.4. The van der Waals surface area contributed by atoms with Gasteiger partial charge in [0, 0.05) is 51.5 Å². The molecular weight excluding hydrogens is 1000 g/mol. The lowest BCUT2D eigenvalue weighted by Crippen LogP contribution is -2.54. The maximum Gasteiger partial charge on any atom is 0.410 e. The number of carbonyl (C=O) groups is 1. The Kier molecular flexibility index (Phi) is 28.7. The Balaban J connectivity index is 0.00000648. The number of hydrazone groups is 1. The molecule has 2 aliphatic heterocycles. The third-order valence-corrected chi connectivity index (χ3v) is 12.4. The molecule has 19 heteroatoms. The molecule has 2 unspecified atom stereocenters. The number of methoxy groups -OCH3 is 5. The first-order valence-electron chi connectivity index (χ1n) is 27.6. The minimum absolute atomic E-state index is 0.0717.